The normalized spacial score (nSPS) is 12.2. The van der Waals surface area contributed by atoms with E-state index in [0.29, 0.717) is 47.3 Å². The van der Waals surface area contributed by atoms with Gasteiger partial charge in [-0.25, -0.2) is 4.79 Å². The second-order valence-corrected chi connectivity index (χ2v) is 24.2. The summed E-state index contributed by atoms with van der Waals surface area (Å²) in [6.45, 7) is 14.9. The molecule has 0 saturated carbocycles. The van der Waals surface area contributed by atoms with Crippen LogP contribution in [0.4, 0.5) is 0 Å². The maximum Gasteiger partial charge on any atom is 0.342 e. The second-order valence-electron chi connectivity index (χ2n) is 24.2. The van der Waals surface area contributed by atoms with Gasteiger partial charge in [0.1, 0.15) is 36.9 Å². The maximum atomic E-state index is 14.2. The Morgan fingerprint density at radius 3 is 1.52 bits per heavy atom. The Morgan fingerprint density at radius 1 is 0.565 bits per heavy atom. The number of carbonyl (C=O) groups is 7. The summed E-state index contributed by atoms with van der Waals surface area (Å²) in [5, 5.41) is 0. The predicted octanol–water partition coefficient (Wildman–Crippen LogP) is 16.7. The molecule has 3 rings (SSSR count). The number of esters is 7. The van der Waals surface area contributed by atoms with Crippen LogP contribution in [0.1, 0.15) is 290 Å². The number of aryl methyl sites for hydroxylation is 2. The van der Waals surface area contributed by atoms with Crippen LogP contribution in [0.25, 0.3) is 0 Å². The van der Waals surface area contributed by atoms with E-state index in [1.54, 1.807) is 6.07 Å². The van der Waals surface area contributed by atoms with Gasteiger partial charge < -0.3 is 37.9 Å². The number of fused-ring (bicyclic) bond motifs is 1. The Balaban J connectivity index is 1.63. The third-order valence-electron chi connectivity index (χ3n) is 16.0. The van der Waals surface area contributed by atoms with Crippen molar-refractivity contribution in [2.24, 2.45) is 0 Å². The van der Waals surface area contributed by atoms with Crippen molar-refractivity contribution in [2.45, 2.75) is 292 Å². The third-order valence-corrected chi connectivity index (χ3v) is 16.0. The molecule has 0 amide bonds. The van der Waals surface area contributed by atoms with Crippen molar-refractivity contribution >= 4 is 41.8 Å². The van der Waals surface area contributed by atoms with Crippen LogP contribution in [0.3, 0.4) is 0 Å². The highest BCUT2D eigenvalue weighted by Crippen LogP contribution is 2.44. The van der Waals surface area contributed by atoms with E-state index in [1.165, 1.54) is 130 Å². The molecule has 0 atom stereocenters. The molecule has 15 nitrogen and oxygen atoms in total. The van der Waals surface area contributed by atoms with Gasteiger partial charge in [0, 0.05) is 41.4 Å². The van der Waals surface area contributed by atoms with Crippen LogP contribution in [0.15, 0.2) is 23.8 Å². The number of benzene rings is 2. The molecule has 1 heterocycles. The van der Waals surface area contributed by atoms with E-state index in [2.05, 4.69) is 13.8 Å². The zero-order chi connectivity index (χ0) is 62.4. The molecule has 0 N–H and O–H groups in total. The summed E-state index contributed by atoms with van der Waals surface area (Å²) in [5.41, 5.74) is 3.81. The quantitative estimate of drug-likeness (QED) is 0.0200. The first-order valence-electron chi connectivity index (χ1n) is 32.5. The standard InChI is InChI=1S/C70H108O15/c1-11-13-15-17-19-21-23-25-27-29-31-33-35-37-60(72)80-48-55(49-81-61(73)38-36-34-32-30-28-26-24-22-20-18-16-14-12-2)83-62(74)43-44-63(75)84-58-46-52(4)45-53(5)66(58)70(7,8)47-64(76)85-68-56(41-39-51(3)40-42-59(71)78-9)67(79-10)54(6)57-50-82-69(77)65(57)68/h39,45-46,55H,11-38,40-44,47-50H2,1-10H3/b51-39+. The van der Waals surface area contributed by atoms with Gasteiger partial charge in [-0.15, -0.1) is 0 Å². The lowest BCUT2D eigenvalue weighted by Gasteiger charge is -2.29. The Hall–Kier alpha value is -5.73. The molecule has 0 fully saturated rings. The molecule has 15 heteroatoms. The zero-order valence-electron chi connectivity index (χ0n) is 54.1. The minimum absolute atomic E-state index is 0.0136. The van der Waals surface area contributed by atoms with Crippen LogP contribution in [0.2, 0.25) is 0 Å². The van der Waals surface area contributed by atoms with E-state index < -0.39 is 47.3 Å². The molecular formula is C70H108O15. The molecule has 0 saturated heterocycles. The molecular weight excluding hydrogens is 1080 g/mol. The molecule has 85 heavy (non-hydrogen) atoms. The van der Waals surface area contributed by atoms with Crippen molar-refractivity contribution in [3.05, 3.63) is 62.7 Å². The summed E-state index contributed by atoms with van der Waals surface area (Å²) in [5.74, 6) is -3.31. The number of ether oxygens (including phenoxy) is 8. The molecule has 0 aromatic heterocycles. The highest BCUT2D eigenvalue weighted by molar-refractivity contribution is 5.99. The molecule has 0 aliphatic carbocycles. The van der Waals surface area contributed by atoms with Crippen molar-refractivity contribution in [3.8, 4) is 17.2 Å². The molecule has 1 aliphatic rings. The summed E-state index contributed by atoms with van der Waals surface area (Å²) >= 11 is 0. The predicted molar refractivity (Wildman–Crippen MR) is 332 cm³/mol. The van der Waals surface area contributed by atoms with Crippen molar-refractivity contribution in [1.82, 2.24) is 0 Å². The van der Waals surface area contributed by atoms with E-state index >= 15 is 0 Å². The second kappa shape index (κ2) is 42.2. The van der Waals surface area contributed by atoms with Gasteiger partial charge in [0.05, 0.1) is 33.5 Å². The van der Waals surface area contributed by atoms with Crippen LogP contribution in [-0.4, -0.2) is 75.3 Å². The SMILES string of the molecule is CCCCCCCCCCCCCCCC(=O)OCC(COC(=O)CCCCCCCCCCCCCCC)OC(=O)CCC(=O)Oc1cc(C)cc(C)c1C(C)(C)CC(=O)Oc1c(C/C=C(\C)CCC(=O)OC)c(OC)c(C)c2c1C(=O)OC2. The number of cyclic esters (lactones) is 1. The minimum Gasteiger partial charge on any atom is -0.496 e. The number of hydrogen-bond acceptors (Lipinski definition) is 15. The number of methoxy groups -OCH3 is 2. The van der Waals surface area contributed by atoms with Crippen molar-refractivity contribution in [1.29, 1.82) is 0 Å². The van der Waals surface area contributed by atoms with Crippen molar-refractivity contribution in [3.63, 3.8) is 0 Å². The average molecular weight is 1190 g/mol. The van der Waals surface area contributed by atoms with Crippen molar-refractivity contribution < 1.29 is 71.5 Å². The lowest BCUT2D eigenvalue weighted by Crippen LogP contribution is -2.31. The Labute approximate surface area is 510 Å². The van der Waals surface area contributed by atoms with E-state index in [4.69, 9.17) is 37.9 Å². The summed E-state index contributed by atoms with van der Waals surface area (Å²) < 4.78 is 45.1. The summed E-state index contributed by atoms with van der Waals surface area (Å²) in [4.78, 5) is 92.2. The Kier molecular flexibility index (Phi) is 36.5. The van der Waals surface area contributed by atoms with E-state index in [1.807, 2.05) is 53.7 Å². The molecule has 478 valence electrons. The maximum absolute atomic E-state index is 14.2. The smallest absolute Gasteiger partial charge is 0.342 e. The fraction of sp³-hybridized carbons (Fsp3) is 0.700. The topological polar surface area (TPSA) is 193 Å². The number of rotatable bonds is 47. The molecule has 0 bridgehead atoms. The van der Waals surface area contributed by atoms with Crippen LogP contribution >= 0.6 is 0 Å². The molecule has 0 unspecified atom stereocenters. The highest BCUT2D eigenvalue weighted by Gasteiger charge is 2.37. The number of hydrogen-bond donors (Lipinski definition) is 0. The van der Waals surface area contributed by atoms with Gasteiger partial charge in [-0.2, -0.15) is 0 Å². The van der Waals surface area contributed by atoms with Gasteiger partial charge in [-0.1, -0.05) is 200 Å². The summed E-state index contributed by atoms with van der Waals surface area (Å²) in [7, 11) is 2.84. The van der Waals surface area contributed by atoms with E-state index in [-0.39, 0.29) is 87.8 Å². The van der Waals surface area contributed by atoms with E-state index in [0.717, 1.165) is 55.2 Å². The first-order valence-corrected chi connectivity index (χ1v) is 32.5. The fourth-order valence-corrected chi connectivity index (χ4v) is 11.2. The third kappa shape index (κ3) is 29.0. The van der Waals surface area contributed by atoms with E-state index in [9.17, 15) is 33.6 Å². The van der Waals surface area contributed by atoms with Crippen LogP contribution < -0.4 is 14.2 Å². The fourth-order valence-electron chi connectivity index (χ4n) is 11.2. The number of allylic oxidation sites excluding steroid dienone is 2. The monoisotopic (exact) mass is 1190 g/mol. The van der Waals surface area contributed by atoms with Crippen molar-refractivity contribution in [2.75, 3.05) is 27.4 Å². The molecule has 1 aliphatic heterocycles. The van der Waals surface area contributed by atoms with Gasteiger partial charge in [-0.05, 0) is 76.1 Å². The largest absolute Gasteiger partial charge is 0.496 e. The minimum atomic E-state index is -1.08. The lowest BCUT2D eigenvalue weighted by atomic mass is 9.78. The van der Waals surface area contributed by atoms with Crippen LogP contribution in [-0.2, 0) is 70.9 Å². The Morgan fingerprint density at radius 2 is 1.04 bits per heavy atom. The van der Waals surface area contributed by atoms with Gasteiger partial charge in [0.25, 0.3) is 0 Å². The molecule has 0 spiro atoms. The number of unbranched alkanes of at least 4 members (excludes halogenated alkanes) is 24. The van der Waals surface area contributed by atoms with Gasteiger partial charge in [-0.3, -0.25) is 28.8 Å². The van der Waals surface area contributed by atoms with Crippen LogP contribution in [0, 0.1) is 20.8 Å². The van der Waals surface area contributed by atoms with Gasteiger partial charge in [0.15, 0.2) is 11.9 Å². The lowest BCUT2D eigenvalue weighted by molar-refractivity contribution is -0.167. The molecule has 2 aromatic rings. The first-order chi connectivity index (χ1) is 40.8. The highest BCUT2D eigenvalue weighted by atomic mass is 16.6. The summed E-state index contributed by atoms with van der Waals surface area (Å²) in [6, 6.07) is 3.61. The number of carbonyl (C=O) groups excluding carboxylic acids is 7. The zero-order valence-corrected chi connectivity index (χ0v) is 54.1. The first kappa shape index (κ1) is 73.5. The van der Waals surface area contributed by atoms with Crippen LogP contribution in [0.5, 0.6) is 17.2 Å². The van der Waals surface area contributed by atoms with Gasteiger partial charge >= 0.3 is 41.8 Å². The van der Waals surface area contributed by atoms with Gasteiger partial charge in [0.2, 0.25) is 0 Å². The average Bonchev–Trinajstić information content (AvgIpc) is 1.98. The summed E-state index contributed by atoms with van der Waals surface area (Å²) in [6.07, 6.45) is 31.9. The Bertz CT molecular complexity index is 2370. The molecule has 2 aromatic carbocycles. The molecule has 0 radical (unpaired) electrons.